The second-order valence-corrected chi connectivity index (χ2v) is 24.4. The van der Waals surface area contributed by atoms with Crippen LogP contribution in [0.1, 0.15) is 231 Å². The Morgan fingerprint density at radius 1 is 0.365 bits per heavy atom. The molecule has 74 heavy (non-hydrogen) atoms. The monoisotopic (exact) mass is 1050 g/mol. The number of nitrogens with zero attached hydrogens (tertiary/aromatic N) is 4. The fourth-order valence-corrected chi connectivity index (χ4v) is 12.3. The van der Waals surface area contributed by atoms with Crippen molar-refractivity contribution in [3.05, 3.63) is 120 Å². The molecule has 0 bridgehead atoms. The summed E-state index contributed by atoms with van der Waals surface area (Å²) in [7, 11) is 4.27. The number of benzene rings is 2. The van der Waals surface area contributed by atoms with E-state index in [-0.39, 0.29) is 0 Å². The van der Waals surface area contributed by atoms with Crippen molar-refractivity contribution in [2.24, 2.45) is 0 Å². The Labute approximate surface area is 465 Å². The van der Waals surface area contributed by atoms with E-state index in [0.717, 1.165) is 39.3 Å². The maximum absolute atomic E-state index is 2.56. The highest BCUT2D eigenvalue weighted by molar-refractivity contribution is 8.76. The molecule has 0 atom stereocenters. The number of allylic oxidation sites excluding steroid dienone is 6. The lowest BCUT2D eigenvalue weighted by Gasteiger charge is -2.24. The van der Waals surface area contributed by atoms with Crippen LogP contribution in [0.5, 0.6) is 0 Å². The Hall–Kier alpha value is -3.22. The van der Waals surface area contributed by atoms with Gasteiger partial charge in [-0.3, -0.25) is 0 Å². The minimum atomic E-state index is 1.03. The van der Waals surface area contributed by atoms with Gasteiger partial charge in [-0.1, -0.05) is 251 Å². The molecule has 2 aliphatic rings. The standard InChI is InChI=1S/C68H110N4S2/c1-5-9-53-71(54-10-6-2)67-43-39-63(40-44-67)35-37-65-47-57-69(58-48-65)51-31-27-23-19-15-13-17-21-25-29-33-61-73-74-62-34-30-26-22-18-14-16-20-24-28-32-52-70-59-49-66(50-60-70)38-36-64-41-45-68(46-42-64)72(55-11-7-3)56-12-8-4/h35-50,57,59H,5-34,51-56,58,60-62H2,1-4H3/b37-35+,38-36+. The summed E-state index contributed by atoms with van der Waals surface area (Å²) >= 11 is 0. The van der Waals surface area contributed by atoms with Crippen LogP contribution < -0.4 is 9.80 Å². The third-order valence-corrected chi connectivity index (χ3v) is 17.7. The SMILES string of the molecule is CCCCN(CCCC)c1ccc(/C=C/C2=CCN(CCCCCCCCCCCCCSSCCCCCCCCCCCCCN3C=CC(/C=C/c4ccc(N(CCCC)CCCC)cc4)=CC3)C=C2)cc1. The van der Waals surface area contributed by atoms with Gasteiger partial charge in [0.1, 0.15) is 0 Å². The van der Waals surface area contributed by atoms with Gasteiger partial charge in [0.25, 0.3) is 0 Å². The number of rotatable bonds is 47. The first-order chi connectivity index (χ1) is 36.6. The van der Waals surface area contributed by atoms with E-state index < -0.39 is 0 Å². The number of unbranched alkanes of at least 4 members (excludes halogenated alkanes) is 24. The lowest BCUT2D eigenvalue weighted by molar-refractivity contribution is 0.391. The van der Waals surface area contributed by atoms with E-state index >= 15 is 0 Å². The molecule has 414 valence electrons. The maximum atomic E-state index is 2.56. The molecule has 2 aliphatic heterocycles. The van der Waals surface area contributed by atoms with Crippen molar-refractivity contribution in [2.45, 2.75) is 220 Å². The number of anilines is 2. The van der Waals surface area contributed by atoms with Crippen LogP contribution in [0.25, 0.3) is 12.2 Å². The van der Waals surface area contributed by atoms with Gasteiger partial charge in [0.05, 0.1) is 0 Å². The highest BCUT2D eigenvalue weighted by Crippen LogP contribution is 2.26. The van der Waals surface area contributed by atoms with Gasteiger partial charge in [-0.05, 0) is 122 Å². The number of hydrogen-bond donors (Lipinski definition) is 0. The number of hydrogen-bond acceptors (Lipinski definition) is 6. The van der Waals surface area contributed by atoms with Crippen molar-refractivity contribution in [3.8, 4) is 0 Å². The van der Waals surface area contributed by atoms with Crippen LogP contribution >= 0.6 is 21.6 Å². The molecule has 0 amide bonds. The summed E-state index contributed by atoms with van der Waals surface area (Å²) < 4.78 is 0. The van der Waals surface area contributed by atoms with Gasteiger partial charge in [0.15, 0.2) is 0 Å². The van der Waals surface area contributed by atoms with E-state index in [0.29, 0.717) is 0 Å². The highest BCUT2D eigenvalue weighted by atomic mass is 33.1. The lowest BCUT2D eigenvalue weighted by atomic mass is 10.1. The summed E-state index contributed by atoms with van der Waals surface area (Å²) in [5, 5.41) is 0. The van der Waals surface area contributed by atoms with E-state index in [2.05, 4.69) is 178 Å². The fourth-order valence-electron chi connectivity index (χ4n) is 10.0. The van der Waals surface area contributed by atoms with Crippen LogP contribution in [0.15, 0.2) is 109 Å². The van der Waals surface area contributed by atoms with Gasteiger partial charge in [0.2, 0.25) is 0 Å². The molecular weight excluding hydrogens is 937 g/mol. The molecule has 6 heteroatoms. The van der Waals surface area contributed by atoms with Crippen LogP contribution in [-0.4, -0.2) is 73.7 Å². The summed E-state index contributed by atoms with van der Waals surface area (Å²) in [5.74, 6) is 2.69. The Morgan fingerprint density at radius 2 is 0.662 bits per heavy atom. The summed E-state index contributed by atoms with van der Waals surface area (Å²) in [6.07, 6.45) is 64.1. The van der Waals surface area contributed by atoms with Crippen LogP contribution in [0.2, 0.25) is 0 Å². The van der Waals surface area contributed by atoms with E-state index in [1.54, 1.807) is 0 Å². The Balaban J connectivity index is 0.829. The zero-order valence-electron chi connectivity index (χ0n) is 48.3. The van der Waals surface area contributed by atoms with Gasteiger partial charge in [0, 0.05) is 75.2 Å². The first kappa shape index (κ1) is 63.3. The predicted molar refractivity (Wildman–Crippen MR) is 339 cm³/mol. The molecule has 0 spiro atoms. The van der Waals surface area contributed by atoms with E-state index in [9.17, 15) is 0 Å². The third kappa shape index (κ3) is 30.5. The van der Waals surface area contributed by atoms with Gasteiger partial charge in [-0.2, -0.15) is 0 Å². The quantitative estimate of drug-likeness (QED) is 0.0480. The molecular formula is C68H110N4S2. The fraction of sp³-hybridized carbons (Fsp3) is 0.647. The minimum absolute atomic E-state index is 1.03. The Bertz CT molecular complexity index is 1680. The van der Waals surface area contributed by atoms with Crippen molar-refractivity contribution in [3.63, 3.8) is 0 Å². The molecule has 4 rings (SSSR count). The molecule has 0 unspecified atom stereocenters. The average Bonchev–Trinajstić information content (AvgIpc) is 3.43. The normalized spacial score (nSPS) is 13.7. The molecule has 0 aromatic heterocycles. The Kier molecular flexibility index (Phi) is 37.5. The molecule has 4 nitrogen and oxygen atoms in total. The van der Waals surface area contributed by atoms with E-state index in [4.69, 9.17) is 0 Å². The lowest BCUT2D eigenvalue weighted by Crippen LogP contribution is -2.25. The molecule has 0 radical (unpaired) electrons. The van der Waals surface area contributed by atoms with Crippen LogP contribution in [0, 0.1) is 0 Å². The molecule has 0 saturated carbocycles. The predicted octanol–water partition coefficient (Wildman–Crippen LogP) is 20.7. The second-order valence-electron chi connectivity index (χ2n) is 21.7. The second kappa shape index (κ2) is 43.8. The summed E-state index contributed by atoms with van der Waals surface area (Å²) in [5.41, 5.74) is 7.94. The summed E-state index contributed by atoms with van der Waals surface area (Å²) in [6.45, 7) is 18.2. The topological polar surface area (TPSA) is 13.0 Å². The summed E-state index contributed by atoms with van der Waals surface area (Å²) in [6, 6.07) is 18.3. The van der Waals surface area contributed by atoms with Gasteiger partial charge in [-0.25, -0.2) is 0 Å². The summed E-state index contributed by atoms with van der Waals surface area (Å²) in [4.78, 5) is 10.1. The largest absolute Gasteiger partial charge is 0.374 e. The van der Waals surface area contributed by atoms with Gasteiger partial charge in [-0.15, -0.1) is 0 Å². The van der Waals surface area contributed by atoms with E-state index in [1.807, 2.05) is 0 Å². The third-order valence-electron chi connectivity index (χ3n) is 15.1. The average molecular weight is 1050 g/mol. The van der Waals surface area contributed by atoms with Crippen molar-refractivity contribution >= 4 is 45.1 Å². The van der Waals surface area contributed by atoms with Crippen molar-refractivity contribution < 1.29 is 0 Å². The Morgan fingerprint density at radius 3 is 0.946 bits per heavy atom. The van der Waals surface area contributed by atoms with E-state index in [1.165, 1.54) is 251 Å². The zero-order valence-corrected chi connectivity index (χ0v) is 49.9. The first-order valence-electron chi connectivity index (χ1n) is 31.2. The first-order valence-corrected chi connectivity index (χ1v) is 33.7. The highest BCUT2D eigenvalue weighted by Gasteiger charge is 2.09. The van der Waals surface area contributed by atoms with Gasteiger partial charge < -0.3 is 19.6 Å². The van der Waals surface area contributed by atoms with Crippen molar-refractivity contribution in [1.29, 1.82) is 0 Å². The molecule has 2 heterocycles. The molecule has 0 fully saturated rings. The van der Waals surface area contributed by atoms with Crippen LogP contribution in [0.3, 0.4) is 0 Å². The molecule has 0 saturated heterocycles. The molecule has 0 aliphatic carbocycles. The molecule has 0 N–H and O–H groups in total. The maximum Gasteiger partial charge on any atom is 0.0366 e. The zero-order chi connectivity index (χ0) is 52.2. The van der Waals surface area contributed by atoms with Crippen LogP contribution in [-0.2, 0) is 0 Å². The van der Waals surface area contributed by atoms with Crippen molar-refractivity contribution in [2.75, 3.05) is 73.7 Å². The minimum Gasteiger partial charge on any atom is -0.374 e. The smallest absolute Gasteiger partial charge is 0.0366 e. The van der Waals surface area contributed by atoms with Crippen molar-refractivity contribution in [1.82, 2.24) is 9.80 Å². The van der Waals surface area contributed by atoms with Crippen LogP contribution in [0.4, 0.5) is 11.4 Å². The molecule has 2 aromatic rings. The molecule has 2 aromatic carbocycles. The van der Waals surface area contributed by atoms with Gasteiger partial charge >= 0.3 is 0 Å².